The Morgan fingerprint density at radius 3 is 1.78 bits per heavy atom. The molecule has 6 rings (SSSR count). The first-order valence-corrected chi connectivity index (χ1v) is 39.0. The Balaban J connectivity index is 1.48. The Morgan fingerprint density at radius 1 is 0.613 bits per heavy atom. The molecule has 3 saturated carbocycles. The molecule has 2 aliphatic heterocycles. The standard InChI is InChI=1S/C77H122ClF3N12O13/c1-15-51(6)66-73(103)87(9)46-64(96)85(7)47-65(97)89(11)59(43-52-27-19-16-20-28-52)71(101)86(8)45-62(94)82-57(34-32-53-31-33-55(56(78)42-53)77(79,80)81)70(100)91(13)61(48-106-40-35-49(2)3)69(99)84-76(36-23-24-37-76)75(105)92(14)67(54-29-21-17-22-30-54)74(104)90(12)60(72(102)93-38-25-18-26-39-93)44-63(95)88(10)58(41-50(4)5)68(98)83-66/h31,33,42,49-52,54,57-61,66-67H,15-30,32,34-41,43-48H2,1-14H3,(H,82,94)(H,83,98)(H,84,99)/t51-,57-,58-,59-,60-,61+,66-,67-/m0/s1. The molecule has 3 aliphatic carbocycles. The maximum atomic E-state index is 15.9. The van der Waals surface area contributed by atoms with Gasteiger partial charge < -0.3 is 64.8 Å². The van der Waals surface area contributed by atoms with Gasteiger partial charge in [-0.2, -0.15) is 13.2 Å². The summed E-state index contributed by atoms with van der Waals surface area (Å²) >= 11 is 6.20. The Kier molecular flexibility index (Phi) is 33.4. The Morgan fingerprint density at radius 2 is 1.20 bits per heavy atom. The van der Waals surface area contributed by atoms with Crippen molar-refractivity contribution in [2.75, 3.05) is 102 Å². The van der Waals surface area contributed by atoms with Crippen molar-refractivity contribution in [1.29, 1.82) is 0 Å². The van der Waals surface area contributed by atoms with E-state index in [-0.39, 0.29) is 68.4 Å². The van der Waals surface area contributed by atoms with Crippen LogP contribution in [0.25, 0.3) is 0 Å². The van der Waals surface area contributed by atoms with Gasteiger partial charge in [0.2, 0.25) is 70.9 Å². The van der Waals surface area contributed by atoms with Crippen molar-refractivity contribution in [2.45, 2.75) is 250 Å². The largest absolute Gasteiger partial charge is 0.417 e. The molecule has 0 unspecified atom stereocenters. The second kappa shape index (κ2) is 40.4. The average Bonchev–Trinajstić information content (AvgIpc) is 1.37. The summed E-state index contributed by atoms with van der Waals surface area (Å²) in [6.07, 6.45) is 6.60. The molecule has 0 aromatic heterocycles. The van der Waals surface area contributed by atoms with E-state index in [1.54, 1.807) is 11.8 Å². The number of halogens is 4. The van der Waals surface area contributed by atoms with Crippen LogP contribution in [0.3, 0.4) is 0 Å². The van der Waals surface area contributed by atoms with Crippen LogP contribution in [0.5, 0.6) is 0 Å². The van der Waals surface area contributed by atoms with E-state index in [0.29, 0.717) is 64.5 Å². The summed E-state index contributed by atoms with van der Waals surface area (Å²) in [6.45, 7) is 10.0. The maximum Gasteiger partial charge on any atom is 0.417 e. The highest BCUT2D eigenvalue weighted by Gasteiger charge is 2.51. The molecule has 1 spiro atoms. The number of hydrogen-bond donors (Lipinski definition) is 3. The summed E-state index contributed by atoms with van der Waals surface area (Å²) in [7, 11) is 11.3. The molecule has 3 N–H and O–H groups in total. The Labute approximate surface area is 631 Å². The first kappa shape index (κ1) is 87.8. The van der Waals surface area contributed by atoms with Gasteiger partial charge in [-0.3, -0.25) is 57.5 Å². The van der Waals surface area contributed by atoms with Crippen LogP contribution in [0.15, 0.2) is 18.2 Å². The van der Waals surface area contributed by atoms with Gasteiger partial charge in [-0.05, 0) is 124 Å². The zero-order valence-corrected chi connectivity index (χ0v) is 66.2. The van der Waals surface area contributed by atoms with Crippen molar-refractivity contribution in [1.82, 2.24) is 60.0 Å². The minimum atomic E-state index is -4.78. The number of likely N-dealkylation sites (tertiary alicyclic amines) is 1. The number of alkyl halides is 3. The molecule has 29 heteroatoms. The van der Waals surface area contributed by atoms with Gasteiger partial charge in [0.05, 0.1) is 43.2 Å². The maximum absolute atomic E-state index is 15.9. The molecule has 2 heterocycles. The number of carbonyl (C=O) groups is 12. The van der Waals surface area contributed by atoms with E-state index >= 15 is 28.8 Å². The predicted octanol–water partition coefficient (Wildman–Crippen LogP) is 7.32. The van der Waals surface area contributed by atoms with Crippen LogP contribution in [0.2, 0.25) is 5.02 Å². The van der Waals surface area contributed by atoms with Crippen molar-refractivity contribution in [3.63, 3.8) is 0 Å². The third-order valence-corrected chi connectivity index (χ3v) is 23.1. The second-order valence-corrected chi connectivity index (χ2v) is 32.1. The van der Waals surface area contributed by atoms with E-state index in [4.69, 9.17) is 16.3 Å². The molecular weight excluding hydrogens is 1390 g/mol. The third-order valence-electron chi connectivity index (χ3n) is 22.7. The topological polar surface area (TPSA) is 279 Å². The van der Waals surface area contributed by atoms with Crippen molar-refractivity contribution in [3.8, 4) is 0 Å². The number of rotatable bonds is 16. The smallest absolute Gasteiger partial charge is 0.379 e. The second-order valence-electron chi connectivity index (χ2n) is 31.7. The molecule has 596 valence electrons. The summed E-state index contributed by atoms with van der Waals surface area (Å²) in [5.74, 6) is -9.07. The summed E-state index contributed by atoms with van der Waals surface area (Å²) in [5.41, 5.74) is -2.48. The quantitative estimate of drug-likeness (QED) is 0.137. The number of carbonyl (C=O) groups excluding carboxylic acids is 12. The molecule has 1 aromatic carbocycles. The molecule has 8 atom stereocenters. The lowest BCUT2D eigenvalue weighted by molar-refractivity contribution is -0.157. The van der Waals surface area contributed by atoms with E-state index in [2.05, 4.69) is 16.0 Å². The van der Waals surface area contributed by atoms with Gasteiger partial charge in [-0.1, -0.05) is 130 Å². The van der Waals surface area contributed by atoms with Crippen LogP contribution in [-0.4, -0.2) is 265 Å². The molecule has 0 radical (unpaired) electrons. The summed E-state index contributed by atoms with van der Waals surface area (Å²) in [4.78, 5) is 192. The number of hydrogen-bond acceptors (Lipinski definition) is 13. The highest BCUT2D eigenvalue weighted by molar-refractivity contribution is 6.31. The van der Waals surface area contributed by atoms with Crippen molar-refractivity contribution >= 4 is 82.5 Å². The van der Waals surface area contributed by atoms with E-state index < -0.39 is 180 Å². The number of aryl methyl sites for hydroxylation is 1. The van der Waals surface area contributed by atoms with E-state index in [0.717, 1.165) is 89.5 Å². The molecule has 25 nitrogen and oxygen atoms in total. The molecule has 12 amide bonds. The lowest BCUT2D eigenvalue weighted by Crippen LogP contribution is -2.66. The molecule has 2 saturated heterocycles. The van der Waals surface area contributed by atoms with Gasteiger partial charge in [-0.25, -0.2) is 0 Å². The van der Waals surface area contributed by atoms with Crippen molar-refractivity contribution in [3.05, 3.63) is 34.3 Å². The lowest BCUT2D eigenvalue weighted by Gasteiger charge is -2.43. The summed E-state index contributed by atoms with van der Waals surface area (Å²) < 4.78 is 48.1. The SMILES string of the molecule is CC[C@H](C)[C@@H]1NC(=O)[C@H](CC(C)C)N(C)C(=O)C[C@@H](C(=O)N2CCCCC2)N(C)C(=O)[C@H](C2CCCCC2)N(C)C(=O)C2(CCCC2)NC(=O)[C@@H](COCCC(C)C)N(C)C(=O)[C@H](CCc2ccc(C(F)(F)F)c(Cl)c2)NC(=O)CN(C)C(=O)[C@H](CC2CCCCC2)N(C)C(=O)CN(C)C(=O)CN(C)C1=O. The molecule has 5 fully saturated rings. The number of piperidine rings is 1. The fraction of sp³-hybridized carbons (Fsp3) is 0.766. The van der Waals surface area contributed by atoms with Crippen LogP contribution < -0.4 is 16.0 Å². The van der Waals surface area contributed by atoms with Gasteiger partial charge in [0.25, 0.3) is 0 Å². The van der Waals surface area contributed by atoms with Crippen molar-refractivity contribution < 1.29 is 75.4 Å². The molecular formula is C77H122ClF3N12O13. The number of likely N-dealkylation sites (N-methyl/N-ethyl adjacent to an activating group) is 8. The zero-order chi connectivity index (χ0) is 78.7. The Bertz CT molecular complexity index is 3210. The minimum Gasteiger partial charge on any atom is -0.379 e. The number of benzene rings is 1. The monoisotopic (exact) mass is 1510 g/mol. The normalized spacial score (nSPS) is 25.6. The fourth-order valence-corrected chi connectivity index (χ4v) is 15.9. The van der Waals surface area contributed by atoms with E-state index in [1.165, 1.54) is 82.0 Å². The number of nitrogens with zero attached hydrogens (tertiary/aromatic N) is 9. The van der Waals surface area contributed by atoms with Gasteiger partial charge >= 0.3 is 6.18 Å². The van der Waals surface area contributed by atoms with Crippen LogP contribution in [0, 0.1) is 29.6 Å². The Hall–Kier alpha value is -7.10. The van der Waals surface area contributed by atoms with Crippen LogP contribution in [0.1, 0.15) is 200 Å². The van der Waals surface area contributed by atoms with Crippen molar-refractivity contribution in [2.24, 2.45) is 29.6 Å². The van der Waals surface area contributed by atoms with Gasteiger partial charge in [0.15, 0.2) is 0 Å². The van der Waals surface area contributed by atoms with Crippen LogP contribution in [-0.2, 0) is 74.9 Å². The zero-order valence-electron chi connectivity index (χ0n) is 65.4. The van der Waals surface area contributed by atoms with E-state index in [1.807, 2.05) is 34.6 Å². The highest BCUT2D eigenvalue weighted by atomic mass is 35.5. The number of ether oxygens (including phenoxy) is 1. The van der Waals surface area contributed by atoms with Gasteiger partial charge in [0, 0.05) is 76.1 Å². The number of nitrogens with one attached hydrogen (secondary N) is 3. The minimum absolute atomic E-state index is 0.000810. The summed E-state index contributed by atoms with van der Waals surface area (Å²) in [6, 6.07) is -6.10. The highest BCUT2D eigenvalue weighted by Crippen LogP contribution is 2.38. The first-order chi connectivity index (χ1) is 49.9. The number of amides is 12. The fourth-order valence-electron chi connectivity index (χ4n) is 15.6. The lowest BCUT2D eigenvalue weighted by atomic mass is 9.81. The van der Waals surface area contributed by atoms with Gasteiger partial charge in [0.1, 0.15) is 47.8 Å². The molecule has 0 bridgehead atoms. The van der Waals surface area contributed by atoms with Crippen LogP contribution >= 0.6 is 11.6 Å². The van der Waals surface area contributed by atoms with Gasteiger partial charge in [-0.15, -0.1) is 0 Å². The molecule has 5 aliphatic rings. The van der Waals surface area contributed by atoms with E-state index in [9.17, 15) is 41.9 Å². The summed E-state index contributed by atoms with van der Waals surface area (Å²) in [5, 5.41) is 8.14. The third kappa shape index (κ3) is 23.7. The average molecular weight is 1520 g/mol. The molecule has 106 heavy (non-hydrogen) atoms. The first-order valence-electron chi connectivity index (χ1n) is 38.6. The predicted molar refractivity (Wildman–Crippen MR) is 396 cm³/mol. The van der Waals surface area contributed by atoms with Crippen LogP contribution in [0.4, 0.5) is 13.2 Å². The molecule has 1 aromatic rings.